The molecule has 0 fully saturated rings. The number of hydrogen-bond donors (Lipinski definition) is 1. The topological polar surface area (TPSA) is 38.4 Å². The fraction of sp³-hybridized carbons (Fsp3) is 0.857. The fourth-order valence-electron chi connectivity index (χ4n) is 0.466. The lowest BCUT2D eigenvalue weighted by molar-refractivity contribution is 0.666. The van der Waals surface area contributed by atoms with Crippen LogP contribution in [0.4, 0.5) is 0 Å². The maximum Gasteiger partial charge on any atom is 0.153 e. The number of nitrogens with two attached hydrogens (primary N) is 1. The Labute approximate surface area is 90.4 Å². The monoisotopic (exact) mass is 288 g/mol. The Hall–Kier alpha value is 0.550. The van der Waals surface area contributed by atoms with E-state index >= 15 is 0 Å². The molecule has 0 bridgehead atoms. The maximum absolute atomic E-state index is 5.55. The van der Waals surface area contributed by atoms with Crippen molar-refractivity contribution in [1.29, 1.82) is 0 Å². The molecule has 0 aliphatic heterocycles. The SMILES string of the molecule is CCSC(N)=NCC(C)C.I. The minimum absolute atomic E-state index is 0. The highest BCUT2D eigenvalue weighted by Gasteiger charge is 1.92. The Morgan fingerprint density at radius 1 is 1.55 bits per heavy atom. The second-order valence-corrected chi connectivity index (χ2v) is 3.79. The molecule has 0 saturated carbocycles. The summed E-state index contributed by atoms with van der Waals surface area (Å²) in [4.78, 5) is 4.17. The zero-order chi connectivity index (χ0) is 7.98. The van der Waals surface area contributed by atoms with Crippen molar-refractivity contribution >= 4 is 40.9 Å². The zero-order valence-corrected chi connectivity index (χ0v) is 10.5. The smallest absolute Gasteiger partial charge is 0.153 e. The molecule has 0 heterocycles. The largest absolute Gasteiger partial charge is 0.379 e. The van der Waals surface area contributed by atoms with E-state index in [1.54, 1.807) is 11.8 Å². The summed E-state index contributed by atoms with van der Waals surface area (Å²) >= 11 is 1.60. The zero-order valence-electron chi connectivity index (χ0n) is 7.33. The van der Waals surface area contributed by atoms with Gasteiger partial charge in [0.2, 0.25) is 0 Å². The molecule has 0 atom stereocenters. The minimum atomic E-state index is 0. The lowest BCUT2D eigenvalue weighted by Gasteiger charge is -1.99. The summed E-state index contributed by atoms with van der Waals surface area (Å²) < 4.78 is 0. The molecule has 0 saturated heterocycles. The molecule has 0 unspecified atom stereocenters. The van der Waals surface area contributed by atoms with Crippen molar-refractivity contribution in [3.05, 3.63) is 0 Å². The molecule has 2 N–H and O–H groups in total. The summed E-state index contributed by atoms with van der Waals surface area (Å²) in [5.41, 5.74) is 5.55. The van der Waals surface area contributed by atoms with Crippen LogP contribution in [-0.2, 0) is 0 Å². The molecule has 4 heteroatoms. The van der Waals surface area contributed by atoms with Crippen molar-refractivity contribution in [3.8, 4) is 0 Å². The summed E-state index contributed by atoms with van der Waals surface area (Å²) in [5.74, 6) is 1.61. The normalized spacial score (nSPS) is 11.5. The fourth-order valence-corrected chi connectivity index (χ4v) is 0.928. The number of halogens is 1. The lowest BCUT2D eigenvalue weighted by atomic mass is 10.2. The van der Waals surface area contributed by atoms with Gasteiger partial charge in [0.1, 0.15) is 0 Å². The molecule has 2 nitrogen and oxygen atoms in total. The Morgan fingerprint density at radius 2 is 2.09 bits per heavy atom. The summed E-state index contributed by atoms with van der Waals surface area (Å²) in [6.45, 7) is 7.18. The minimum Gasteiger partial charge on any atom is -0.379 e. The highest BCUT2D eigenvalue weighted by molar-refractivity contribution is 14.0. The van der Waals surface area contributed by atoms with Gasteiger partial charge in [0.25, 0.3) is 0 Å². The van der Waals surface area contributed by atoms with Gasteiger partial charge < -0.3 is 5.73 Å². The summed E-state index contributed by atoms with van der Waals surface area (Å²) in [6.07, 6.45) is 0. The number of thioether (sulfide) groups is 1. The van der Waals surface area contributed by atoms with E-state index in [1.165, 1.54) is 0 Å². The van der Waals surface area contributed by atoms with E-state index in [2.05, 4.69) is 25.8 Å². The van der Waals surface area contributed by atoms with Gasteiger partial charge >= 0.3 is 0 Å². The number of nitrogens with zero attached hydrogens (tertiary/aromatic N) is 1. The van der Waals surface area contributed by atoms with Crippen LogP contribution < -0.4 is 5.73 Å². The van der Waals surface area contributed by atoms with E-state index in [1.807, 2.05) is 0 Å². The average Bonchev–Trinajstić information content (AvgIpc) is 1.85. The van der Waals surface area contributed by atoms with Gasteiger partial charge in [-0.15, -0.1) is 24.0 Å². The number of amidine groups is 1. The predicted molar refractivity (Wildman–Crippen MR) is 64.9 cm³/mol. The molecule has 0 aromatic heterocycles. The van der Waals surface area contributed by atoms with Crippen molar-refractivity contribution in [2.45, 2.75) is 20.8 Å². The van der Waals surface area contributed by atoms with Gasteiger partial charge in [-0.2, -0.15) is 0 Å². The lowest BCUT2D eigenvalue weighted by Crippen LogP contribution is -2.09. The van der Waals surface area contributed by atoms with E-state index in [4.69, 9.17) is 5.73 Å². The van der Waals surface area contributed by atoms with Crippen molar-refractivity contribution in [3.63, 3.8) is 0 Å². The highest BCUT2D eigenvalue weighted by atomic mass is 127. The Balaban J connectivity index is 0. The second kappa shape index (κ2) is 8.64. The molecule has 0 aliphatic rings. The van der Waals surface area contributed by atoms with E-state index in [9.17, 15) is 0 Å². The summed E-state index contributed by atoms with van der Waals surface area (Å²) in [7, 11) is 0. The highest BCUT2D eigenvalue weighted by Crippen LogP contribution is 1.99. The summed E-state index contributed by atoms with van der Waals surface area (Å²) in [5, 5.41) is 0.719. The van der Waals surface area contributed by atoms with E-state index in [-0.39, 0.29) is 24.0 Å². The Kier molecular flexibility index (Phi) is 11.1. The van der Waals surface area contributed by atoms with Gasteiger partial charge in [-0.25, -0.2) is 0 Å². The van der Waals surface area contributed by atoms with E-state index in [0.717, 1.165) is 17.5 Å². The van der Waals surface area contributed by atoms with Crippen LogP contribution in [-0.4, -0.2) is 17.5 Å². The molecule has 0 aromatic carbocycles. The van der Waals surface area contributed by atoms with Crippen molar-refractivity contribution < 1.29 is 0 Å². The van der Waals surface area contributed by atoms with Crippen LogP contribution >= 0.6 is 35.7 Å². The van der Waals surface area contributed by atoms with Gasteiger partial charge in [-0.1, -0.05) is 32.5 Å². The molecular formula is C7H17IN2S. The second-order valence-electron chi connectivity index (χ2n) is 2.51. The van der Waals surface area contributed by atoms with Gasteiger partial charge in [0.05, 0.1) is 0 Å². The third-order valence-corrected chi connectivity index (χ3v) is 1.62. The molecule has 11 heavy (non-hydrogen) atoms. The van der Waals surface area contributed by atoms with E-state index < -0.39 is 0 Å². The van der Waals surface area contributed by atoms with Crippen LogP contribution in [0.25, 0.3) is 0 Å². The molecule has 0 amide bonds. The van der Waals surface area contributed by atoms with Crippen LogP contribution in [0, 0.1) is 5.92 Å². The first-order valence-corrected chi connectivity index (χ1v) is 4.58. The predicted octanol–water partition coefficient (Wildman–Crippen LogP) is 2.33. The molecule has 0 rings (SSSR count). The van der Waals surface area contributed by atoms with Crippen LogP contribution in [0.2, 0.25) is 0 Å². The van der Waals surface area contributed by atoms with Crippen LogP contribution in [0.5, 0.6) is 0 Å². The molecule has 0 aliphatic carbocycles. The van der Waals surface area contributed by atoms with Gasteiger partial charge in [-0.05, 0) is 11.7 Å². The van der Waals surface area contributed by atoms with E-state index in [0.29, 0.717) is 5.92 Å². The van der Waals surface area contributed by atoms with Crippen LogP contribution in [0.15, 0.2) is 4.99 Å². The third kappa shape index (κ3) is 10.6. The maximum atomic E-state index is 5.55. The molecule has 0 radical (unpaired) electrons. The van der Waals surface area contributed by atoms with Crippen molar-refractivity contribution in [2.75, 3.05) is 12.3 Å². The number of hydrogen-bond acceptors (Lipinski definition) is 2. The average molecular weight is 288 g/mol. The number of rotatable bonds is 3. The van der Waals surface area contributed by atoms with Crippen molar-refractivity contribution in [1.82, 2.24) is 0 Å². The van der Waals surface area contributed by atoms with Gasteiger partial charge in [0.15, 0.2) is 5.17 Å². The Bertz CT molecular complexity index is 115. The van der Waals surface area contributed by atoms with Crippen LogP contribution in [0.3, 0.4) is 0 Å². The first-order valence-electron chi connectivity index (χ1n) is 3.59. The first-order chi connectivity index (χ1) is 4.66. The molecular weight excluding hydrogens is 271 g/mol. The van der Waals surface area contributed by atoms with Gasteiger partial charge in [-0.3, -0.25) is 4.99 Å². The van der Waals surface area contributed by atoms with Gasteiger partial charge in [0, 0.05) is 6.54 Å². The molecule has 0 aromatic rings. The first kappa shape index (κ1) is 14.1. The standard InChI is InChI=1S/C7H16N2S.HI/c1-4-10-7(8)9-5-6(2)3;/h6H,4-5H2,1-3H3,(H2,8,9);1H. The summed E-state index contributed by atoms with van der Waals surface area (Å²) in [6, 6.07) is 0. The molecule has 68 valence electrons. The quantitative estimate of drug-likeness (QED) is 0.492. The number of aliphatic imine (C=N–C) groups is 1. The van der Waals surface area contributed by atoms with Crippen molar-refractivity contribution in [2.24, 2.45) is 16.6 Å². The van der Waals surface area contributed by atoms with Crippen LogP contribution in [0.1, 0.15) is 20.8 Å². The Morgan fingerprint density at radius 3 is 2.45 bits per heavy atom. The third-order valence-electron chi connectivity index (χ3n) is 0.904. The molecule has 0 spiro atoms.